The first kappa shape index (κ1) is 12.5. The Bertz CT molecular complexity index is 98.7. The van der Waals surface area contributed by atoms with E-state index >= 15 is 0 Å². The molecule has 0 saturated carbocycles. The number of rotatable bonds is 6. The monoisotopic (exact) mass is 208 g/mol. The second kappa shape index (κ2) is 6.93. The highest BCUT2D eigenvalue weighted by atomic mass is 35.5. The fourth-order valence-electron chi connectivity index (χ4n) is 1.43. The van der Waals surface area contributed by atoms with Crippen LogP contribution < -0.4 is 0 Å². The van der Waals surface area contributed by atoms with Gasteiger partial charge in [-0.1, -0.05) is 27.7 Å². The van der Waals surface area contributed by atoms with E-state index in [4.69, 9.17) is 16.0 Å². The van der Waals surface area contributed by atoms with E-state index < -0.39 is 0 Å². The molecular formula is C9H21ClOSi. The molecule has 0 fully saturated rings. The summed E-state index contributed by atoms with van der Waals surface area (Å²) in [4.78, 5) is 0. The summed E-state index contributed by atoms with van der Waals surface area (Å²) in [7, 11) is -0.365. The molecule has 0 radical (unpaired) electrons. The van der Waals surface area contributed by atoms with E-state index in [1.807, 2.05) is 0 Å². The first-order valence-electron chi connectivity index (χ1n) is 4.73. The summed E-state index contributed by atoms with van der Waals surface area (Å²) < 4.78 is 5.57. The van der Waals surface area contributed by atoms with E-state index in [9.17, 15) is 0 Å². The van der Waals surface area contributed by atoms with Crippen LogP contribution in [0.15, 0.2) is 0 Å². The highest BCUT2D eigenvalue weighted by Gasteiger charge is 2.17. The van der Waals surface area contributed by atoms with Crippen molar-refractivity contribution in [3.05, 3.63) is 0 Å². The number of halogens is 1. The minimum atomic E-state index is -0.365. The van der Waals surface area contributed by atoms with Crippen molar-refractivity contribution in [2.24, 2.45) is 11.8 Å². The zero-order valence-electron chi connectivity index (χ0n) is 8.64. The zero-order valence-corrected chi connectivity index (χ0v) is 10.8. The minimum Gasteiger partial charge on any atom is -0.422 e. The van der Waals surface area contributed by atoms with Gasteiger partial charge in [0.1, 0.15) is 0 Å². The smallest absolute Gasteiger partial charge is 0.165 e. The van der Waals surface area contributed by atoms with E-state index in [1.54, 1.807) is 0 Å². The summed E-state index contributed by atoms with van der Waals surface area (Å²) >= 11 is 5.54. The molecule has 0 saturated heterocycles. The second-order valence-electron chi connectivity index (χ2n) is 3.92. The molecule has 0 atom stereocenters. The van der Waals surface area contributed by atoms with Crippen LogP contribution in [0.1, 0.15) is 27.7 Å². The number of hydrogen-bond donors (Lipinski definition) is 0. The van der Waals surface area contributed by atoms with Crippen LogP contribution >= 0.6 is 11.6 Å². The molecule has 12 heavy (non-hydrogen) atoms. The van der Waals surface area contributed by atoms with Crippen LogP contribution in [0, 0.1) is 11.8 Å². The van der Waals surface area contributed by atoms with Crippen molar-refractivity contribution in [2.45, 2.75) is 33.2 Å². The van der Waals surface area contributed by atoms with Gasteiger partial charge in [-0.05, 0) is 17.4 Å². The van der Waals surface area contributed by atoms with Gasteiger partial charge in [-0.3, -0.25) is 0 Å². The Hall–Kier alpha value is 0.467. The zero-order chi connectivity index (χ0) is 9.56. The first-order chi connectivity index (χ1) is 5.59. The largest absolute Gasteiger partial charge is 0.422 e. The average Bonchev–Trinajstić information content (AvgIpc) is 1.96. The van der Waals surface area contributed by atoms with Crippen molar-refractivity contribution < 1.29 is 4.43 Å². The van der Waals surface area contributed by atoms with Crippen LogP contribution in [0.2, 0.25) is 5.54 Å². The van der Waals surface area contributed by atoms with E-state index in [1.165, 1.54) is 0 Å². The van der Waals surface area contributed by atoms with E-state index in [0.29, 0.717) is 5.88 Å². The van der Waals surface area contributed by atoms with Gasteiger partial charge in [0.2, 0.25) is 0 Å². The third kappa shape index (κ3) is 5.17. The Morgan fingerprint density at radius 1 is 1.17 bits per heavy atom. The molecule has 3 heteroatoms. The summed E-state index contributed by atoms with van der Waals surface area (Å²) in [5.41, 5.74) is 0.799. The SMILES string of the molecule is CC(C)C([SiH2]OCCCl)C(C)C. The topological polar surface area (TPSA) is 9.23 Å². The fraction of sp³-hybridized carbons (Fsp3) is 1.00. The lowest BCUT2D eigenvalue weighted by molar-refractivity contribution is 0.328. The molecule has 0 aliphatic heterocycles. The fourth-order valence-corrected chi connectivity index (χ4v) is 3.07. The lowest BCUT2D eigenvalue weighted by Gasteiger charge is -2.23. The van der Waals surface area contributed by atoms with Gasteiger partial charge in [0.15, 0.2) is 9.76 Å². The third-order valence-electron chi connectivity index (χ3n) is 2.24. The van der Waals surface area contributed by atoms with E-state index in [-0.39, 0.29) is 9.76 Å². The average molecular weight is 209 g/mol. The van der Waals surface area contributed by atoms with Crippen molar-refractivity contribution in [3.8, 4) is 0 Å². The molecular weight excluding hydrogens is 188 g/mol. The maximum absolute atomic E-state index is 5.57. The van der Waals surface area contributed by atoms with Crippen LogP contribution in [0.5, 0.6) is 0 Å². The predicted octanol–water partition coefficient (Wildman–Crippen LogP) is 2.43. The van der Waals surface area contributed by atoms with Gasteiger partial charge in [0, 0.05) is 12.5 Å². The molecule has 0 aliphatic rings. The van der Waals surface area contributed by atoms with Crippen molar-refractivity contribution in [3.63, 3.8) is 0 Å². The molecule has 0 bridgehead atoms. The molecule has 0 heterocycles. The van der Waals surface area contributed by atoms with Crippen LogP contribution in [0.3, 0.4) is 0 Å². The van der Waals surface area contributed by atoms with Gasteiger partial charge >= 0.3 is 0 Å². The van der Waals surface area contributed by atoms with E-state index in [2.05, 4.69) is 27.7 Å². The molecule has 0 aromatic rings. The second-order valence-corrected chi connectivity index (χ2v) is 5.98. The molecule has 0 N–H and O–H groups in total. The third-order valence-corrected chi connectivity index (χ3v) is 5.19. The minimum absolute atomic E-state index is 0.365. The Kier molecular flexibility index (Phi) is 7.20. The molecule has 74 valence electrons. The first-order valence-corrected chi connectivity index (χ1v) is 6.66. The van der Waals surface area contributed by atoms with Gasteiger partial charge in [0.05, 0.1) is 0 Å². The van der Waals surface area contributed by atoms with Crippen LogP contribution in [0.4, 0.5) is 0 Å². The summed E-state index contributed by atoms with van der Waals surface area (Å²) in [5.74, 6) is 2.15. The van der Waals surface area contributed by atoms with Gasteiger partial charge in [-0.15, -0.1) is 11.6 Å². The standard InChI is InChI=1S/C9H21ClOSi/c1-7(2)9(8(3)4)12-11-6-5-10/h7-9H,5-6,12H2,1-4H3. The Morgan fingerprint density at radius 2 is 1.67 bits per heavy atom. The highest BCUT2D eigenvalue weighted by Crippen LogP contribution is 2.25. The molecule has 0 aromatic carbocycles. The molecule has 0 spiro atoms. The Morgan fingerprint density at radius 3 is 2.00 bits per heavy atom. The van der Waals surface area contributed by atoms with Crippen LogP contribution in [-0.2, 0) is 4.43 Å². The van der Waals surface area contributed by atoms with E-state index in [0.717, 1.165) is 24.0 Å². The molecule has 0 aromatic heterocycles. The van der Waals surface area contributed by atoms with Crippen molar-refractivity contribution in [2.75, 3.05) is 12.5 Å². The summed E-state index contributed by atoms with van der Waals surface area (Å²) in [6.45, 7) is 9.86. The summed E-state index contributed by atoms with van der Waals surface area (Å²) in [5, 5.41) is 0. The Balaban J connectivity index is 3.64. The lowest BCUT2D eigenvalue weighted by atomic mass is 10.00. The quantitative estimate of drug-likeness (QED) is 0.370. The van der Waals surface area contributed by atoms with Gasteiger partial charge in [-0.2, -0.15) is 0 Å². The maximum Gasteiger partial charge on any atom is 0.165 e. The maximum atomic E-state index is 5.57. The highest BCUT2D eigenvalue weighted by molar-refractivity contribution is 6.30. The predicted molar refractivity (Wildman–Crippen MR) is 58.6 cm³/mol. The van der Waals surface area contributed by atoms with Crippen LogP contribution in [0.25, 0.3) is 0 Å². The van der Waals surface area contributed by atoms with Crippen molar-refractivity contribution in [1.82, 2.24) is 0 Å². The van der Waals surface area contributed by atoms with Gasteiger partial charge in [0.25, 0.3) is 0 Å². The molecule has 0 rings (SSSR count). The van der Waals surface area contributed by atoms with Crippen LogP contribution in [-0.4, -0.2) is 22.3 Å². The van der Waals surface area contributed by atoms with Gasteiger partial charge < -0.3 is 4.43 Å². The lowest BCUT2D eigenvalue weighted by Crippen LogP contribution is -2.19. The molecule has 0 aliphatic carbocycles. The molecule has 0 amide bonds. The normalized spacial score (nSPS) is 13.0. The number of hydrogen-bond acceptors (Lipinski definition) is 1. The molecule has 1 nitrogen and oxygen atoms in total. The summed E-state index contributed by atoms with van der Waals surface area (Å²) in [6.07, 6.45) is 0. The van der Waals surface area contributed by atoms with Gasteiger partial charge in [-0.25, -0.2) is 0 Å². The summed E-state index contributed by atoms with van der Waals surface area (Å²) in [6, 6.07) is 0. The number of alkyl halides is 1. The Labute approximate surface area is 83.8 Å². The molecule has 0 unspecified atom stereocenters. The van der Waals surface area contributed by atoms with Crippen molar-refractivity contribution in [1.29, 1.82) is 0 Å². The van der Waals surface area contributed by atoms with Crippen molar-refractivity contribution >= 4 is 21.4 Å².